The zero-order valence-corrected chi connectivity index (χ0v) is 11.3. The van der Waals surface area contributed by atoms with Crippen LogP contribution in [0.4, 0.5) is 0 Å². The van der Waals surface area contributed by atoms with Gasteiger partial charge in [0.25, 0.3) is 0 Å². The maximum Gasteiger partial charge on any atom is 0 e. The predicted octanol–water partition coefficient (Wildman–Crippen LogP) is -0.280. The summed E-state index contributed by atoms with van der Waals surface area (Å²) in [6, 6.07) is 0. The molecule has 0 atom stereocenters. The zero-order chi connectivity index (χ0) is 2.00. The predicted molar refractivity (Wildman–Crippen MR) is 8.66 cm³/mol. The largest absolute Gasteiger partial charge is 0 e. The minimum absolute atomic E-state index is 0. The molecule has 0 heterocycles. The summed E-state index contributed by atoms with van der Waals surface area (Å²) in [6.07, 6.45) is 0. The van der Waals surface area contributed by atoms with Crippen molar-refractivity contribution in [2.45, 2.75) is 0 Å². The second-order valence-corrected chi connectivity index (χ2v) is 0. The fraction of sp³-hybridized carbons (Fsp3) is 0. The van der Waals surface area contributed by atoms with E-state index in [4.69, 9.17) is 3.57 Å². The Morgan fingerprint density at radius 1 is 1.50 bits per heavy atom. The quantitative estimate of drug-likeness (QED) is 0.553. The van der Waals surface area contributed by atoms with Gasteiger partial charge >= 0.3 is 70.7 Å². The molecule has 0 aliphatic rings. The van der Waals surface area contributed by atoms with E-state index in [0.717, 1.165) is 0 Å². The Hall–Kier alpha value is 2.71. The summed E-state index contributed by atoms with van der Waals surface area (Å²) in [7, 11) is 0. The van der Waals surface area contributed by atoms with E-state index in [9.17, 15) is 0 Å². The molecule has 1 nitrogen and oxygen atoms in total. The first-order chi connectivity index (χ1) is 1.00. The van der Waals surface area contributed by atoms with Gasteiger partial charge in [-0.05, 0) is 0 Å². The van der Waals surface area contributed by atoms with Gasteiger partial charge in [-0.25, -0.2) is 0 Å². The van der Waals surface area contributed by atoms with Crippen molar-refractivity contribution in [2.24, 2.45) is 0 Å². The summed E-state index contributed by atoms with van der Waals surface area (Å²) < 4.78 is 8.38. The molecule has 0 saturated heterocycles. The molecule has 4 heavy (non-hydrogen) atoms. The van der Waals surface area contributed by atoms with Crippen molar-refractivity contribution in [1.29, 1.82) is 0 Å². The fourth-order valence-corrected chi connectivity index (χ4v) is 0. The minimum atomic E-state index is 0. The molecule has 0 aromatic rings. The van der Waals surface area contributed by atoms with E-state index >= 15 is 0 Å². The van der Waals surface area contributed by atoms with E-state index in [1.54, 1.807) is 0 Å². The molecule has 0 radical (unpaired) electrons. The molecule has 4 heteroatoms. The molecule has 0 amide bonds. The molecular formula is H2BaOTiZn. The first-order valence-electron chi connectivity index (χ1n) is 0.289. The SMILES string of the molecule is [Ba+2].[H-].[H-].[O]=[Zn].[Ti]. The van der Waals surface area contributed by atoms with Crippen molar-refractivity contribution in [3.63, 3.8) is 0 Å². The molecular weight excluding hydrogens is 267 g/mol. The molecule has 0 saturated carbocycles. The van der Waals surface area contributed by atoms with Gasteiger partial charge in [0.15, 0.2) is 0 Å². The van der Waals surface area contributed by atoms with Gasteiger partial charge in [-0.3, -0.25) is 0 Å². The van der Waals surface area contributed by atoms with Crippen LogP contribution in [-0.2, 0) is 43.5 Å². The number of hydrogen-bond acceptors (Lipinski definition) is 1. The Bertz CT molecular complexity index is 13.5. The molecule has 0 fully saturated rings. The van der Waals surface area contributed by atoms with Gasteiger partial charge < -0.3 is 2.85 Å². The number of rotatable bonds is 0. The van der Waals surface area contributed by atoms with Gasteiger partial charge in [-0.2, -0.15) is 0 Å². The van der Waals surface area contributed by atoms with Crippen molar-refractivity contribution < 1.29 is 46.4 Å². The Morgan fingerprint density at radius 3 is 1.50 bits per heavy atom. The minimum Gasteiger partial charge on any atom is 0 e. The molecule has 16 valence electrons. The Kier molecular flexibility index (Phi) is 68.5. The molecule has 0 aliphatic heterocycles. The van der Waals surface area contributed by atoms with Gasteiger partial charge in [-0.15, -0.1) is 0 Å². The maximum absolute atomic E-state index is 8.38. The average molecular weight is 269 g/mol. The molecule has 0 aliphatic carbocycles. The molecule has 0 aromatic heterocycles. The van der Waals surface area contributed by atoms with Gasteiger partial charge in [-0.1, -0.05) is 0 Å². The summed E-state index contributed by atoms with van der Waals surface area (Å²) in [5.74, 6) is 0. The Balaban J connectivity index is -0.000000000833. The van der Waals surface area contributed by atoms with E-state index in [0.29, 0.717) is 0 Å². The van der Waals surface area contributed by atoms with Crippen LogP contribution < -0.4 is 0 Å². The second kappa shape index (κ2) is 17.3. The van der Waals surface area contributed by atoms with Crippen LogP contribution in [0.1, 0.15) is 2.85 Å². The third kappa shape index (κ3) is 8.83. The molecule has 0 bridgehead atoms. The van der Waals surface area contributed by atoms with Crippen LogP contribution in [0.3, 0.4) is 0 Å². The van der Waals surface area contributed by atoms with E-state index in [1.165, 1.54) is 0 Å². The van der Waals surface area contributed by atoms with E-state index < -0.39 is 0 Å². The zero-order valence-electron chi connectivity index (χ0n) is 4.32. The van der Waals surface area contributed by atoms with Crippen molar-refractivity contribution in [2.75, 3.05) is 0 Å². The average Bonchev–Trinajstić information content (AvgIpc) is 1.00. The van der Waals surface area contributed by atoms with Gasteiger partial charge in [0.05, 0.1) is 0 Å². The normalized spacial score (nSPS) is 1.50. The van der Waals surface area contributed by atoms with Crippen molar-refractivity contribution in [3.8, 4) is 0 Å². The van der Waals surface area contributed by atoms with Crippen LogP contribution in [0.15, 0.2) is 0 Å². The smallest absolute Gasteiger partial charge is 0 e. The van der Waals surface area contributed by atoms with Crippen LogP contribution in [0.5, 0.6) is 0 Å². The standard InChI is InChI=1S/Ba.O.Ti.Zn.2H/q+2;;;;2*-1. The summed E-state index contributed by atoms with van der Waals surface area (Å²) in [5, 5.41) is 0. The second-order valence-electron chi connectivity index (χ2n) is 0. The molecule has 0 rings (SSSR count). The van der Waals surface area contributed by atoms with Crippen molar-refractivity contribution >= 4 is 48.9 Å². The van der Waals surface area contributed by atoms with Gasteiger partial charge in [0.1, 0.15) is 0 Å². The van der Waals surface area contributed by atoms with E-state index in [-0.39, 0.29) is 91.7 Å². The Labute approximate surface area is 93.2 Å². The first-order valence-corrected chi connectivity index (χ1v) is 1.50. The molecule has 0 spiro atoms. The van der Waals surface area contributed by atoms with E-state index in [1.807, 2.05) is 0 Å². The summed E-state index contributed by atoms with van der Waals surface area (Å²) in [6.45, 7) is 0. The summed E-state index contributed by atoms with van der Waals surface area (Å²) >= 11 is 0.125. The first kappa shape index (κ1) is 15.9. The van der Waals surface area contributed by atoms with Crippen LogP contribution in [0.25, 0.3) is 0 Å². The van der Waals surface area contributed by atoms with Crippen LogP contribution in [0.2, 0.25) is 0 Å². The summed E-state index contributed by atoms with van der Waals surface area (Å²) in [4.78, 5) is 0. The monoisotopic (exact) mass is 268 g/mol. The fourth-order valence-electron chi connectivity index (χ4n) is 0. The third-order valence-electron chi connectivity index (χ3n) is 0. The molecule has 0 N–H and O–H groups in total. The van der Waals surface area contributed by atoms with Crippen molar-refractivity contribution in [1.82, 2.24) is 0 Å². The molecule has 0 aromatic carbocycles. The van der Waals surface area contributed by atoms with Crippen molar-refractivity contribution in [3.05, 3.63) is 0 Å². The maximum atomic E-state index is 8.38. The van der Waals surface area contributed by atoms with Gasteiger partial charge in [0, 0.05) is 21.7 Å². The van der Waals surface area contributed by atoms with Crippen LogP contribution >= 0.6 is 0 Å². The topological polar surface area (TPSA) is 17.1 Å². The number of hydrogen-bond donors (Lipinski definition) is 0. The summed E-state index contributed by atoms with van der Waals surface area (Å²) in [5.41, 5.74) is 0. The van der Waals surface area contributed by atoms with E-state index in [2.05, 4.69) is 0 Å². The van der Waals surface area contributed by atoms with Crippen LogP contribution in [-0.4, -0.2) is 48.9 Å². The third-order valence-corrected chi connectivity index (χ3v) is 0. The molecule has 0 unspecified atom stereocenters. The van der Waals surface area contributed by atoms with Crippen LogP contribution in [0, 0.1) is 0 Å². The Morgan fingerprint density at radius 2 is 1.50 bits per heavy atom. The van der Waals surface area contributed by atoms with Gasteiger partial charge in [0.2, 0.25) is 0 Å².